The molecule has 2 aromatic rings. The van der Waals surface area contributed by atoms with E-state index < -0.39 is 0 Å². The molecule has 6 heteroatoms. The maximum atomic E-state index is 5.94. The molecule has 4 nitrogen and oxygen atoms in total. The lowest BCUT2D eigenvalue weighted by Gasteiger charge is -2.18. The number of pyridine rings is 1. The predicted octanol–water partition coefficient (Wildman–Crippen LogP) is 3.35. The molecule has 3 rings (SSSR count). The number of nitrogens with zero attached hydrogens (tertiary/aromatic N) is 1. The van der Waals surface area contributed by atoms with Gasteiger partial charge in [0.2, 0.25) is 0 Å². The maximum absolute atomic E-state index is 5.94. The van der Waals surface area contributed by atoms with Crippen LogP contribution in [0.5, 0.6) is 11.5 Å². The van der Waals surface area contributed by atoms with Crippen molar-refractivity contribution in [2.24, 2.45) is 0 Å². The summed E-state index contributed by atoms with van der Waals surface area (Å²) in [5.41, 5.74) is 6.59. The quantitative estimate of drug-likeness (QED) is 0.909. The Morgan fingerprint density at radius 2 is 1.95 bits per heavy atom. The highest BCUT2D eigenvalue weighted by atomic mass is 79.9. The van der Waals surface area contributed by atoms with Crippen LogP contribution in [0.2, 0.25) is 0 Å². The third kappa shape index (κ3) is 2.79. The molecule has 0 unspecified atom stereocenters. The molecule has 0 atom stereocenters. The molecular weight excluding hydrogens is 328 g/mol. The largest absolute Gasteiger partial charge is 0.486 e. The van der Waals surface area contributed by atoms with E-state index in [9.17, 15) is 0 Å². The lowest BCUT2D eigenvalue weighted by atomic mass is 10.3. The Balaban J connectivity index is 1.87. The monoisotopic (exact) mass is 338 g/mol. The minimum atomic E-state index is 0.583. The van der Waals surface area contributed by atoms with Crippen molar-refractivity contribution in [1.82, 2.24) is 4.98 Å². The van der Waals surface area contributed by atoms with E-state index in [-0.39, 0.29) is 0 Å². The summed E-state index contributed by atoms with van der Waals surface area (Å²) in [6.45, 7) is 1.18. The Bertz CT molecular complexity index is 622. The molecule has 0 aliphatic carbocycles. The maximum Gasteiger partial charge on any atom is 0.162 e. The molecule has 98 valence electrons. The fourth-order valence-corrected chi connectivity index (χ4v) is 2.88. The summed E-state index contributed by atoms with van der Waals surface area (Å²) in [7, 11) is 0. The van der Waals surface area contributed by atoms with Gasteiger partial charge >= 0.3 is 0 Å². The van der Waals surface area contributed by atoms with Gasteiger partial charge in [0.25, 0.3) is 0 Å². The highest BCUT2D eigenvalue weighted by molar-refractivity contribution is 9.10. The Morgan fingerprint density at radius 3 is 2.74 bits per heavy atom. The first-order valence-electron chi connectivity index (χ1n) is 5.71. The number of hydrogen-bond acceptors (Lipinski definition) is 5. The summed E-state index contributed by atoms with van der Waals surface area (Å²) in [6, 6.07) is 7.67. The first-order valence-corrected chi connectivity index (χ1v) is 7.32. The van der Waals surface area contributed by atoms with Crippen molar-refractivity contribution in [3.8, 4) is 11.5 Å². The number of fused-ring (bicyclic) bond motifs is 1. The van der Waals surface area contributed by atoms with Gasteiger partial charge in [-0.25, -0.2) is 4.98 Å². The van der Waals surface area contributed by atoms with Crippen LogP contribution < -0.4 is 15.2 Å². The molecule has 0 saturated carbocycles. The number of rotatable bonds is 2. The van der Waals surface area contributed by atoms with Gasteiger partial charge in [0, 0.05) is 15.6 Å². The van der Waals surface area contributed by atoms with Gasteiger partial charge in [-0.1, -0.05) is 11.8 Å². The molecule has 19 heavy (non-hydrogen) atoms. The average Bonchev–Trinajstić information content (AvgIpc) is 2.42. The van der Waals surface area contributed by atoms with Crippen molar-refractivity contribution in [3.05, 3.63) is 34.9 Å². The van der Waals surface area contributed by atoms with Gasteiger partial charge in [-0.05, 0) is 40.2 Å². The molecular formula is C13H11BrN2O2S. The Labute approximate surface area is 123 Å². The van der Waals surface area contributed by atoms with Crippen molar-refractivity contribution in [1.29, 1.82) is 0 Å². The van der Waals surface area contributed by atoms with Crippen LogP contribution >= 0.6 is 27.7 Å². The summed E-state index contributed by atoms with van der Waals surface area (Å²) in [4.78, 5) is 5.32. The second kappa shape index (κ2) is 5.30. The zero-order valence-electron chi connectivity index (χ0n) is 9.93. The molecule has 1 aromatic heterocycles. The topological polar surface area (TPSA) is 57.4 Å². The lowest BCUT2D eigenvalue weighted by Crippen LogP contribution is -2.15. The molecule has 1 aromatic carbocycles. The van der Waals surface area contributed by atoms with E-state index in [1.54, 1.807) is 6.20 Å². The number of halogens is 1. The highest BCUT2D eigenvalue weighted by Gasteiger charge is 2.13. The highest BCUT2D eigenvalue weighted by Crippen LogP contribution is 2.37. The lowest BCUT2D eigenvalue weighted by molar-refractivity contribution is 0.171. The van der Waals surface area contributed by atoms with Gasteiger partial charge in [-0.3, -0.25) is 0 Å². The molecule has 1 aliphatic rings. The van der Waals surface area contributed by atoms with Crippen molar-refractivity contribution in [2.45, 2.75) is 9.92 Å². The van der Waals surface area contributed by atoms with Gasteiger partial charge in [-0.2, -0.15) is 0 Å². The van der Waals surface area contributed by atoms with Crippen LogP contribution in [0.3, 0.4) is 0 Å². The van der Waals surface area contributed by atoms with Crippen LogP contribution in [0.15, 0.2) is 44.9 Å². The summed E-state index contributed by atoms with van der Waals surface area (Å²) in [5, 5.41) is 0.778. The van der Waals surface area contributed by atoms with E-state index in [0.717, 1.165) is 25.9 Å². The molecule has 0 spiro atoms. The third-order valence-corrected chi connectivity index (χ3v) is 4.03. The van der Waals surface area contributed by atoms with E-state index in [4.69, 9.17) is 15.2 Å². The predicted molar refractivity (Wildman–Crippen MR) is 77.9 cm³/mol. The van der Waals surface area contributed by atoms with Crippen LogP contribution in [0.1, 0.15) is 0 Å². The summed E-state index contributed by atoms with van der Waals surface area (Å²) in [5.74, 6) is 1.55. The fraction of sp³-hybridized carbons (Fsp3) is 0.154. The van der Waals surface area contributed by atoms with E-state index in [1.807, 2.05) is 24.3 Å². The van der Waals surface area contributed by atoms with Gasteiger partial charge in [0.1, 0.15) is 18.2 Å². The molecule has 1 aliphatic heterocycles. The van der Waals surface area contributed by atoms with Crippen LogP contribution in [-0.4, -0.2) is 18.2 Å². The Kier molecular flexibility index (Phi) is 3.52. The fourth-order valence-electron chi connectivity index (χ4n) is 1.73. The van der Waals surface area contributed by atoms with Crippen LogP contribution in [0, 0.1) is 0 Å². The van der Waals surface area contributed by atoms with E-state index in [1.165, 1.54) is 11.8 Å². The van der Waals surface area contributed by atoms with Crippen LogP contribution in [-0.2, 0) is 0 Å². The first-order chi connectivity index (χ1) is 9.22. The van der Waals surface area contributed by atoms with Crippen molar-refractivity contribution >= 4 is 33.4 Å². The Hall–Kier alpha value is -1.40. The summed E-state index contributed by atoms with van der Waals surface area (Å²) >= 11 is 4.85. The normalized spacial score (nSPS) is 13.3. The van der Waals surface area contributed by atoms with Gasteiger partial charge < -0.3 is 15.2 Å². The molecule has 0 saturated heterocycles. The van der Waals surface area contributed by atoms with Gasteiger partial charge in [-0.15, -0.1) is 0 Å². The van der Waals surface area contributed by atoms with Gasteiger partial charge in [0.05, 0.1) is 5.69 Å². The zero-order valence-corrected chi connectivity index (χ0v) is 12.3. The molecule has 0 amide bonds. The zero-order chi connectivity index (χ0) is 13.2. The van der Waals surface area contributed by atoms with Crippen molar-refractivity contribution in [2.75, 3.05) is 18.9 Å². The molecule has 0 bridgehead atoms. The second-order valence-corrected chi connectivity index (χ2v) is 5.93. The summed E-state index contributed by atoms with van der Waals surface area (Å²) < 4.78 is 11.9. The minimum Gasteiger partial charge on any atom is -0.486 e. The number of anilines is 1. The van der Waals surface area contributed by atoms with Crippen molar-refractivity contribution < 1.29 is 9.47 Å². The third-order valence-electron chi connectivity index (χ3n) is 2.57. The number of nitrogen functional groups attached to an aromatic ring is 1. The summed E-state index contributed by atoms with van der Waals surface area (Å²) in [6.07, 6.45) is 1.73. The number of ether oxygens (including phenoxy) is 2. The standard InChI is InChI=1S/C13H11BrN2O2S/c14-8-5-10(15)13(16-7-8)19-9-1-2-11-12(6-9)18-4-3-17-11/h1-2,5-7H,3-4,15H2. The molecule has 2 N–H and O–H groups in total. The van der Waals surface area contributed by atoms with E-state index >= 15 is 0 Å². The SMILES string of the molecule is Nc1cc(Br)cnc1Sc1ccc2c(c1)OCCO2. The minimum absolute atomic E-state index is 0.583. The molecule has 0 radical (unpaired) electrons. The van der Waals surface area contributed by atoms with Crippen LogP contribution in [0.25, 0.3) is 0 Å². The number of hydrogen-bond donors (Lipinski definition) is 1. The number of aromatic nitrogens is 1. The molecule has 0 fully saturated rings. The average molecular weight is 339 g/mol. The first kappa shape index (κ1) is 12.6. The number of benzene rings is 1. The van der Waals surface area contributed by atoms with Crippen molar-refractivity contribution in [3.63, 3.8) is 0 Å². The molecule has 2 heterocycles. The van der Waals surface area contributed by atoms with E-state index in [2.05, 4.69) is 20.9 Å². The number of nitrogens with two attached hydrogens (primary N) is 1. The second-order valence-electron chi connectivity index (χ2n) is 3.96. The van der Waals surface area contributed by atoms with E-state index in [0.29, 0.717) is 18.9 Å². The smallest absolute Gasteiger partial charge is 0.162 e. The van der Waals surface area contributed by atoms with Crippen LogP contribution in [0.4, 0.5) is 5.69 Å². The van der Waals surface area contributed by atoms with Gasteiger partial charge in [0.15, 0.2) is 11.5 Å². The Morgan fingerprint density at radius 1 is 1.16 bits per heavy atom.